The van der Waals surface area contributed by atoms with Crippen LogP contribution in [0.5, 0.6) is 0 Å². The van der Waals surface area contributed by atoms with Gasteiger partial charge >= 0.3 is 0 Å². The molecule has 21 heavy (non-hydrogen) atoms. The highest BCUT2D eigenvalue weighted by Crippen LogP contribution is 2.21. The standard InChI is InChI=1S/C18H16Br2O/c19-17(15-7-3-1-4-8-15)11-13-21-14-12-18(20)16-9-5-2-6-10-16/h1-12H,13-14H2. The summed E-state index contributed by atoms with van der Waals surface area (Å²) in [5, 5.41) is 0. The summed E-state index contributed by atoms with van der Waals surface area (Å²) in [6, 6.07) is 20.3. The molecule has 0 saturated heterocycles. The summed E-state index contributed by atoms with van der Waals surface area (Å²) in [6.45, 7) is 1.14. The van der Waals surface area contributed by atoms with Crippen LogP contribution in [-0.2, 0) is 4.74 Å². The molecular weight excluding hydrogens is 392 g/mol. The van der Waals surface area contributed by atoms with Gasteiger partial charge in [-0.2, -0.15) is 0 Å². The highest BCUT2D eigenvalue weighted by molar-refractivity contribution is 9.15. The van der Waals surface area contributed by atoms with E-state index in [1.165, 1.54) is 0 Å². The van der Waals surface area contributed by atoms with Gasteiger partial charge in [-0.05, 0) is 23.3 Å². The van der Waals surface area contributed by atoms with Crippen LogP contribution in [0.4, 0.5) is 0 Å². The van der Waals surface area contributed by atoms with E-state index in [-0.39, 0.29) is 0 Å². The minimum atomic E-state index is 0.570. The minimum absolute atomic E-state index is 0.570. The van der Waals surface area contributed by atoms with Crippen LogP contribution in [-0.4, -0.2) is 13.2 Å². The predicted molar refractivity (Wildman–Crippen MR) is 97.5 cm³/mol. The zero-order chi connectivity index (χ0) is 14.9. The quantitative estimate of drug-likeness (QED) is 0.543. The van der Waals surface area contributed by atoms with E-state index in [9.17, 15) is 0 Å². The molecule has 3 heteroatoms. The second-order valence-electron chi connectivity index (χ2n) is 4.37. The summed E-state index contributed by atoms with van der Waals surface area (Å²) < 4.78 is 7.71. The van der Waals surface area contributed by atoms with Gasteiger partial charge in [-0.15, -0.1) is 0 Å². The molecular formula is C18H16Br2O. The Kier molecular flexibility index (Phi) is 6.93. The fourth-order valence-corrected chi connectivity index (χ4v) is 2.56. The van der Waals surface area contributed by atoms with Gasteiger partial charge in [0.05, 0.1) is 13.2 Å². The Bertz CT molecular complexity index is 548. The van der Waals surface area contributed by atoms with Crippen LogP contribution < -0.4 is 0 Å². The molecule has 2 aromatic carbocycles. The van der Waals surface area contributed by atoms with Crippen LogP contribution in [0, 0.1) is 0 Å². The van der Waals surface area contributed by atoms with E-state index in [2.05, 4.69) is 56.1 Å². The fourth-order valence-electron chi connectivity index (χ4n) is 1.76. The first-order valence-electron chi connectivity index (χ1n) is 6.67. The van der Waals surface area contributed by atoms with Gasteiger partial charge in [0.1, 0.15) is 0 Å². The lowest BCUT2D eigenvalue weighted by atomic mass is 10.2. The third-order valence-corrected chi connectivity index (χ3v) is 4.42. The highest BCUT2D eigenvalue weighted by Gasteiger charge is 1.96. The molecule has 108 valence electrons. The van der Waals surface area contributed by atoms with Crippen molar-refractivity contribution in [2.75, 3.05) is 13.2 Å². The van der Waals surface area contributed by atoms with Gasteiger partial charge in [0.15, 0.2) is 0 Å². The van der Waals surface area contributed by atoms with E-state index < -0.39 is 0 Å². The molecule has 0 aromatic heterocycles. The van der Waals surface area contributed by atoms with E-state index >= 15 is 0 Å². The van der Waals surface area contributed by atoms with Crippen LogP contribution in [0.15, 0.2) is 72.8 Å². The van der Waals surface area contributed by atoms with Crippen molar-refractivity contribution < 1.29 is 4.74 Å². The molecule has 0 spiro atoms. The van der Waals surface area contributed by atoms with Crippen LogP contribution in [0.25, 0.3) is 8.96 Å². The normalized spacial score (nSPS) is 12.5. The largest absolute Gasteiger partial charge is 0.373 e. The van der Waals surface area contributed by atoms with E-state index in [4.69, 9.17) is 4.74 Å². The van der Waals surface area contributed by atoms with Gasteiger partial charge in [-0.25, -0.2) is 0 Å². The number of rotatable bonds is 6. The molecule has 0 aliphatic carbocycles. The monoisotopic (exact) mass is 406 g/mol. The maximum atomic E-state index is 5.61. The number of ether oxygens (including phenoxy) is 1. The Morgan fingerprint density at radius 1 is 0.714 bits per heavy atom. The van der Waals surface area contributed by atoms with Crippen molar-refractivity contribution >= 4 is 40.8 Å². The molecule has 0 unspecified atom stereocenters. The minimum Gasteiger partial charge on any atom is -0.373 e. The lowest BCUT2D eigenvalue weighted by Gasteiger charge is -2.02. The first kappa shape index (κ1) is 16.2. The van der Waals surface area contributed by atoms with E-state index in [0.29, 0.717) is 13.2 Å². The predicted octanol–water partition coefficient (Wildman–Crippen LogP) is 5.88. The highest BCUT2D eigenvalue weighted by atomic mass is 79.9. The first-order valence-corrected chi connectivity index (χ1v) is 8.26. The lowest BCUT2D eigenvalue weighted by Crippen LogP contribution is -1.92. The Labute approximate surface area is 142 Å². The summed E-state index contributed by atoms with van der Waals surface area (Å²) in [5.74, 6) is 0. The summed E-state index contributed by atoms with van der Waals surface area (Å²) in [7, 11) is 0. The van der Waals surface area contributed by atoms with E-state index in [1.807, 2.05) is 48.6 Å². The van der Waals surface area contributed by atoms with Gasteiger partial charge in [0.25, 0.3) is 0 Å². The maximum absolute atomic E-state index is 5.61. The zero-order valence-electron chi connectivity index (χ0n) is 11.5. The maximum Gasteiger partial charge on any atom is 0.0665 e. The summed E-state index contributed by atoms with van der Waals surface area (Å²) in [6.07, 6.45) is 4.05. The van der Waals surface area contributed by atoms with Crippen LogP contribution in [0.1, 0.15) is 11.1 Å². The SMILES string of the molecule is BrC(=CCOCC=C(Br)c1ccccc1)c1ccccc1. The molecule has 0 N–H and O–H groups in total. The van der Waals surface area contributed by atoms with Gasteiger partial charge in [0, 0.05) is 8.96 Å². The average Bonchev–Trinajstić information content (AvgIpc) is 2.55. The van der Waals surface area contributed by atoms with Crippen LogP contribution in [0.2, 0.25) is 0 Å². The Balaban J connectivity index is 1.80. The zero-order valence-corrected chi connectivity index (χ0v) is 14.7. The molecule has 2 aromatic rings. The smallest absolute Gasteiger partial charge is 0.0665 e. The topological polar surface area (TPSA) is 9.23 Å². The van der Waals surface area contributed by atoms with Gasteiger partial charge in [-0.1, -0.05) is 92.5 Å². The van der Waals surface area contributed by atoms with Gasteiger partial charge < -0.3 is 4.74 Å². The Morgan fingerprint density at radius 3 is 1.48 bits per heavy atom. The fraction of sp³-hybridized carbons (Fsp3) is 0.111. The molecule has 0 aliphatic rings. The molecule has 1 nitrogen and oxygen atoms in total. The summed E-state index contributed by atoms with van der Waals surface area (Å²) in [5.41, 5.74) is 2.31. The molecule has 0 fully saturated rings. The summed E-state index contributed by atoms with van der Waals surface area (Å²) >= 11 is 7.12. The molecule has 0 amide bonds. The van der Waals surface area contributed by atoms with Crippen molar-refractivity contribution in [1.82, 2.24) is 0 Å². The first-order chi connectivity index (χ1) is 10.3. The van der Waals surface area contributed by atoms with Crippen LogP contribution >= 0.6 is 31.9 Å². The molecule has 0 heterocycles. The van der Waals surface area contributed by atoms with Gasteiger partial charge in [0.2, 0.25) is 0 Å². The average molecular weight is 408 g/mol. The molecule has 2 rings (SSSR count). The van der Waals surface area contributed by atoms with Crippen LogP contribution in [0.3, 0.4) is 0 Å². The number of hydrogen-bond donors (Lipinski definition) is 0. The van der Waals surface area contributed by atoms with E-state index in [1.54, 1.807) is 0 Å². The second-order valence-corrected chi connectivity index (χ2v) is 6.08. The molecule has 0 aliphatic heterocycles. The second kappa shape index (κ2) is 8.98. The van der Waals surface area contributed by atoms with Crippen molar-refractivity contribution in [3.05, 3.63) is 83.9 Å². The molecule has 0 radical (unpaired) electrons. The Hall–Kier alpha value is -1.16. The number of halogens is 2. The van der Waals surface area contributed by atoms with Crippen molar-refractivity contribution in [3.63, 3.8) is 0 Å². The molecule has 0 saturated carbocycles. The molecule has 0 bridgehead atoms. The summed E-state index contributed by atoms with van der Waals surface area (Å²) in [4.78, 5) is 0. The van der Waals surface area contributed by atoms with Gasteiger partial charge in [-0.3, -0.25) is 0 Å². The molecule has 0 atom stereocenters. The number of benzene rings is 2. The van der Waals surface area contributed by atoms with Crippen molar-refractivity contribution in [2.45, 2.75) is 0 Å². The lowest BCUT2D eigenvalue weighted by molar-refractivity contribution is 0.195. The van der Waals surface area contributed by atoms with E-state index in [0.717, 1.165) is 20.1 Å². The van der Waals surface area contributed by atoms with Crippen molar-refractivity contribution in [1.29, 1.82) is 0 Å². The van der Waals surface area contributed by atoms with Crippen molar-refractivity contribution in [2.24, 2.45) is 0 Å². The van der Waals surface area contributed by atoms with Crippen molar-refractivity contribution in [3.8, 4) is 0 Å². The number of hydrogen-bond acceptors (Lipinski definition) is 1. The third kappa shape index (κ3) is 5.62. The third-order valence-electron chi connectivity index (χ3n) is 2.86. The Morgan fingerprint density at radius 2 is 1.10 bits per heavy atom.